The molecule has 0 aliphatic heterocycles. The van der Waals surface area contributed by atoms with Gasteiger partial charge in [-0.15, -0.1) is 0 Å². The lowest BCUT2D eigenvalue weighted by atomic mass is 10.1. The molecule has 0 radical (unpaired) electrons. The Morgan fingerprint density at radius 3 is 2.40 bits per heavy atom. The molecule has 0 saturated heterocycles. The highest BCUT2D eigenvalue weighted by Gasteiger charge is 2.00. The second-order valence-electron chi connectivity index (χ2n) is 5.13. The summed E-state index contributed by atoms with van der Waals surface area (Å²) in [6.07, 6.45) is 0.177. The first-order valence-corrected chi connectivity index (χ1v) is 6.80. The fourth-order valence-corrected chi connectivity index (χ4v) is 1.94. The zero-order chi connectivity index (χ0) is 14.5. The zero-order valence-electron chi connectivity index (χ0n) is 12.1. The maximum absolute atomic E-state index is 13.2. The number of rotatable bonds is 5. The number of hydrogen-bond acceptors (Lipinski definition) is 2. The molecule has 2 rings (SSSR count). The van der Waals surface area contributed by atoms with Crippen LogP contribution in [0.4, 0.5) is 10.1 Å². The van der Waals surface area contributed by atoms with Crippen LogP contribution in [0.15, 0.2) is 42.5 Å². The van der Waals surface area contributed by atoms with Crippen LogP contribution in [0.5, 0.6) is 5.75 Å². The van der Waals surface area contributed by atoms with Crippen LogP contribution in [0.3, 0.4) is 0 Å². The molecule has 106 valence electrons. The van der Waals surface area contributed by atoms with Crippen molar-refractivity contribution in [1.82, 2.24) is 0 Å². The summed E-state index contributed by atoms with van der Waals surface area (Å²) in [5, 5.41) is 3.31. The van der Waals surface area contributed by atoms with Gasteiger partial charge in [0, 0.05) is 12.2 Å². The van der Waals surface area contributed by atoms with Crippen LogP contribution in [-0.2, 0) is 6.54 Å². The first-order valence-electron chi connectivity index (χ1n) is 6.80. The maximum atomic E-state index is 13.2. The van der Waals surface area contributed by atoms with E-state index < -0.39 is 0 Å². The molecule has 0 aliphatic rings. The number of ether oxygens (including phenoxy) is 1. The van der Waals surface area contributed by atoms with Crippen molar-refractivity contribution in [1.29, 1.82) is 0 Å². The summed E-state index contributed by atoms with van der Waals surface area (Å²) in [6, 6.07) is 13.0. The molecule has 0 aromatic heterocycles. The topological polar surface area (TPSA) is 21.3 Å². The normalized spacial score (nSPS) is 10.7. The van der Waals surface area contributed by atoms with Crippen LogP contribution in [0.25, 0.3) is 0 Å². The van der Waals surface area contributed by atoms with E-state index >= 15 is 0 Å². The van der Waals surface area contributed by atoms with Crippen molar-refractivity contribution in [3.63, 3.8) is 0 Å². The van der Waals surface area contributed by atoms with Gasteiger partial charge in [0.1, 0.15) is 11.6 Å². The second-order valence-corrected chi connectivity index (χ2v) is 5.13. The summed E-state index contributed by atoms with van der Waals surface area (Å²) in [5.41, 5.74) is 2.75. The first kappa shape index (κ1) is 14.4. The lowest BCUT2D eigenvalue weighted by molar-refractivity contribution is 0.242. The Labute approximate surface area is 119 Å². The quantitative estimate of drug-likeness (QED) is 0.864. The standard InChI is InChI=1S/C17H20FNO/c1-12(2)20-16-7-5-15(6-8-16)19-11-14-4-9-17(18)13(3)10-14/h4-10,12,19H,11H2,1-3H3. The van der Waals surface area contributed by atoms with E-state index in [-0.39, 0.29) is 11.9 Å². The van der Waals surface area contributed by atoms with E-state index in [1.807, 2.05) is 44.2 Å². The minimum atomic E-state index is -0.163. The van der Waals surface area contributed by atoms with Gasteiger partial charge in [0.15, 0.2) is 0 Å². The molecule has 0 unspecified atom stereocenters. The molecular weight excluding hydrogens is 253 g/mol. The highest BCUT2D eigenvalue weighted by atomic mass is 19.1. The van der Waals surface area contributed by atoms with E-state index in [1.165, 1.54) is 6.07 Å². The van der Waals surface area contributed by atoms with Crippen LogP contribution in [0.2, 0.25) is 0 Å². The largest absolute Gasteiger partial charge is 0.491 e. The van der Waals surface area contributed by atoms with Gasteiger partial charge in [-0.2, -0.15) is 0 Å². The zero-order valence-corrected chi connectivity index (χ0v) is 12.1. The van der Waals surface area contributed by atoms with E-state index in [1.54, 1.807) is 13.0 Å². The summed E-state index contributed by atoms with van der Waals surface area (Å²) in [4.78, 5) is 0. The molecule has 2 aromatic carbocycles. The molecule has 0 aliphatic carbocycles. The van der Waals surface area contributed by atoms with Gasteiger partial charge in [-0.3, -0.25) is 0 Å². The number of benzene rings is 2. The summed E-state index contributed by atoms with van der Waals surface area (Å²) >= 11 is 0. The van der Waals surface area contributed by atoms with E-state index in [2.05, 4.69) is 5.32 Å². The lowest BCUT2D eigenvalue weighted by Gasteiger charge is -2.11. The summed E-state index contributed by atoms with van der Waals surface area (Å²) in [6.45, 7) is 6.45. The molecule has 0 fully saturated rings. The van der Waals surface area contributed by atoms with Crippen molar-refractivity contribution in [2.45, 2.75) is 33.4 Å². The Balaban J connectivity index is 1.95. The molecule has 0 saturated carbocycles. The number of anilines is 1. The van der Waals surface area contributed by atoms with Gasteiger partial charge < -0.3 is 10.1 Å². The van der Waals surface area contributed by atoms with Crippen LogP contribution in [0.1, 0.15) is 25.0 Å². The van der Waals surface area contributed by atoms with Crippen molar-refractivity contribution >= 4 is 5.69 Å². The predicted molar refractivity (Wildman–Crippen MR) is 80.7 cm³/mol. The van der Waals surface area contributed by atoms with Crippen molar-refractivity contribution < 1.29 is 9.13 Å². The fraction of sp³-hybridized carbons (Fsp3) is 0.294. The van der Waals surface area contributed by atoms with E-state index in [4.69, 9.17) is 4.74 Å². The molecule has 0 amide bonds. The lowest BCUT2D eigenvalue weighted by Crippen LogP contribution is -2.05. The van der Waals surface area contributed by atoms with Gasteiger partial charge in [0.05, 0.1) is 6.10 Å². The minimum Gasteiger partial charge on any atom is -0.491 e. The summed E-state index contributed by atoms with van der Waals surface area (Å²) < 4.78 is 18.8. The van der Waals surface area contributed by atoms with Crippen molar-refractivity contribution in [3.05, 3.63) is 59.4 Å². The van der Waals surface area contributed by atoms with Crippen LogP contribution in [0, 0.1) is 12.7 Å². The van der Waals surface area contributed by atoms with E-state index in [9.17, 15) is 4.39 Å². The number of aryl methyl sites for hydroxylation is 1. The predicted octanol–water partition coefficient (Wildman–Crippen LogP) is 4.53. The summed E-state index contributed by atoms with van der Waals surface area (Å²) in [5.74, 6) is 0.701. The number of nitrogens with one attached hydrogen (secondary N) is 1. The number of hydrogen-bond donors (Lipinski definition) is 1. The van der Waals surface area contributed by atoms with Crippen LogP contribution < -0.4 is 10.1 Å². The fourth-order valence-electron chi connectivity index (χ4n) is 1.94. The minimum absolute atomic E-state index is 0.163. The Morgan fingerprint density at radius 1 is 1.10 bits per heavy atom. The molecule has 3 heteroatoms. The van der Waals surface area contributed by atoms with Gasteiger partial charge in [-0.05, 0) is 62.2 Å². The molecule has 0 spiro atoms. The van der Waals surface area contributed by atoms with Crippen LogP contribution in [-0.4, -0.2) is 6.10 Å². The molecular formula is C17H20FNO. The molecule has 20 heavy (non-hydrogen) atoms. The smallest absolute Gasteiger partial charge is 0.126 e. The molecule has 0 atom stereocenters. The first-order chi connectivity index (χ1) is 9.54. The van der Waals surface area contributed by atoms with Gasteiger partial charge in [0.2, 0.25) is 0 Å². The second kappa shape index (κ2) is 6.42. The Kier molecular flexibility index (Phi) is 4.61. The Bertz CT molecular complexity index is 564. The average Bonchev–Trinajstić information content (AvgIpc) is 2.41. The van der Waals surface area contributed by atoms with E-state index in [0.29, 0.717) is 12.1 Å². The monoisotopic (exact) mass is 273 g/mol. The third-order valence-electron chi connectivity index (χ3n) is 2.95. The molecule has 0 heterocycles. The Hall–Kier alpha value is -2.03. The highest BCUT2D eigenvalue weighted by Crippen LogP contribution is 2.18. The SMILES string of the molecule is Cc1cc(CNc2ccc(OC(C)C)cc2)ccc1F. The van der Waals surface area contributed by atoms with Gasteiger partial charge >= 0.3 is 0 Å². The summed E-state index contributed by atoms with van der Waals surface area (Å²) in [7, 11) is 0. The van der Waals surface area contributed by atoms with Gasteiger partial charge in [0.25, 0.3) is 0 Å². The number of halogens is 1. The Morgan fingerprint density at radius 2 is 1.80 bits per heavy atom. The highest BCUT2D eigenvalue weighted by molar-refractivity contribution is 5.47. The van der Waals surface area contributed by atoms with Crippen molar-refractivity contribution in [2.75, 3.05) is 5.32 Å². The molecule has 2 nitrogen and oxygen atoms in total. The third-order valence-corrected chi connectivity index (χ3v) is 2.95. The van der Waals surface area contributed by atoms with Crippen LogP contribution >= 0.6 is 0 Å². The van der Waals surface area contributed by atoms with Crippen molar-refractivity contribution in [2.24, 2.45) is 0 Å². The van der Waals surface area contributed by atoms with Gasteiger partial charge in [-0.25, -0.2) is 4.39 Å². The average molecular weight is 273 g/mol. The van der Waals surface area contributed by atoms with Crippen molar-refractivity contribution in [3.8, 4) is 5.75 Å². The third kappa shape index (κ3) is 3.98. The molecule has 1 N–H and O–H groups in total. The van der Waals surface area contributed by atoms with Gasteiger partial charge in [-0.1, -0.05) is 12.1 Å². The molecule has 0 bridgehead atoms. The van der Waals surface area contributed by atoms with E-state index in [0.717, 1.165) is 17.0 Å². The maximum Gasteiger partial charge on any atom is 0.126 e. The molecule has 2 aromatic rings.